The van der Waals surface area contributed by atoms with Crippen molar-refractivity contribution in [1.29, 1.82) is 0 Å². The van der Waals surface area contributed by atoms with Crippen LogP contribution in [-0.2, 0) is 13.5 Å². The summed E-state index contributed by atoms with van der Waals surface area (Å²) in [6, 6.07) is 8.31. The summed E-state index contributed by atoms with van der Waals surface area (Å²) in [6.07, 6.45) is 0.935. The highest BCUT2D eigenvalue weighted by atomic mass is 127. The Bertz CT molecular complexity index is 787. The van der Waals surface area contributed by atoms with Crippen LogP contribution in [-0.4, -0.2) is 41.5 Å². The van der Waals surface area contributed by atoms with Crippen LogP contribution in [0.5, 0.6) is 5.75 Å². The van der Waals surface area contributed by atoms with E-state index in [2.05, 4.69) is 61.4 Å². The molecule has 0 aliphatic rings. The van der Waals surface area contributed by atoms with E-state index in [1.807, 2.05) is 29.9 Å². The summed E-state index contributed by atoms with van der Waals surface area (Å²) in [7, 11) is 3.77. The topological polar surface area (TPSA) is 63.5 Å². The van der Waals surface area contributed by atoms with Crippen molar-refractivity contribution in [2.75, 3.05) is 13.6 Å². The molecule has 2 atom stereocenters. The lowest BCUT2D eigenvalue weighted by Gasteiger charge is -2.21. The lowest BCUT2D eigenvalue weighted by molar-refractivity contribution is 0.222. The second-order valence-corrected chi connectivity index (χ2v) is 7.17. The maximum atomic E-state index is 6.02. The van der Waals surface area contributed by atoms with Gasteiger partial charge in [-0.1, -0.05) is 18.2 Å². The first-order valence-electron chi connectivity index (χ1n) is 9.50. The first-order chi connectivity index (χ1) is 12.8. The van der Waals surface area contributed by atoms with E-state index in [9.17, 15) is 0 Å². The molecule has 2 unspecified atom stereocenters. The molecule has 0 saturated carbocycles. The molecule has 0 aliphatic heterocycles. The first kappa shape index (κ1) is 24.3. The lowest BCUT2D eigenvalue weighted by atomic mass is 10.1. The predicted molar refractivity (Wildman–Crippen MR) is 127 cm³/mol. The van der Waals surface area contributed by atoms with E-state index in [4.69, 9.17) is 4.74 Å². The molecule has 0 aliphatic carbocycles. The Morgan fingerprint density at radius 3 is 2.46 bits per heavy atom. The monoisotopic (exact) mass is 499 g/mol. The average molecular weight is 499 g/mol. The minimum Gasteiger partial charge on any atom is -0.489 e. The molecule has 0 fully saturated rings. The van der Waals surface area contributed by atoms with Crippen molar-refractivity contribution >= 4 is 29.9 Å². The largest absolute Gasteiger partial charge is 0.489 e. The van der Waals surface area contributed by atoms with Crippen LogP contribution in [0.25, 0.3) is 0 Å². The molecule has 0 bridgehead atoms. The van der Waals surface area contributed by atoms with E-state index in [-0.39, 0.29) is 36.1 Å². The molecule has 2 N–H and O–H groups in total. The number of hydrogen-bond donors (Lipinski definition) is 2. The van der Waals surface area contributed by atoms with Gasteiger partial charge in [0.05, 0.1) is 12.2 Å². The van der Waals surface area contributed by atoms with Crippen molar-refractivity contribution in [2.45, 2.75) is 53.2 Å². The van der Waals surface area contributed by atoms with Crippen molar-refractivity contribution in [3.63, 3.8) is 0 Å². The van der Waals surface area contributed by atoms with Crippen LogP contribution in [0, 0.1) is 20.8 Å². The molecule has 1 aromatic carbocycles. The molecule has 1 heterocycles. The van der Waals surface area contributed by atoms with E-state index >= 15 is 0 Å². The zero-order chi connectivity index (χ0) is 20.0. The Morgan fingerprint density at radius 1 is 1.21 bits per heavy atom. The molecule has 6 nitrogen and oxygen atoms in total. The number of benzene rings is 1. The quantitative estimate of drug-likeness (QED) is 0.348. The van der Waals surface area contributed by atoms with E-state index in [1.54, 1.807) is 7.05 Å². The number of hydrogen-bond acceptors (Lipinski definition) is 3. The fourth-order valence-corrected chi connectivity index (χ4v) is 3.09. The number of ether oxygens (including phenoxy) is 1. The highest BCUT2D eigenvalue weighted by Gasteiger charge is 2.14. The maximum absolute atomic E-state index is 6.02. The van der Waals surface area contributed by atoms with Crippen molar-refractivity contribution in [2.24, 2.45) is 12.0 Å². The molecular weight excluding hydrogens is 465 g/mol. The van der Waals surface area contributed by atoms with E-state index in [0.29, 0.717) is 6.54 Å². The van der Waals surface area contributed by atoms with Crippen molar-refractivity contribution in [3.05, 3.63) is 46.8 Å². The van der Waals surface area contributed by atoms with Gasteiger partial charge < -0.3 is 15.4 Å². The fourth-order valence-electron chi connectivity index (χ4n) is 3.09. The molecule has 0 saturated heterocycles. The van der Waals surface area contributed by atoms with Gasteiger partial charge in [-0.3, -0.25) is 9.67 Å². The normalized spacial score (nSPS) is 13.5. The number of halogens is 1. The molecule has 28 heavy (non-hydrogen) atoms. The number of aliphatic imine (C=N–C) groups is 1. The van der Waals surface area contributed by atoms with Gasteiger partial charge in [-0.2, -0.15) is 5.10 Å². The highest BCUT2D eigenvalue weighted by Crippen LogP contribution is 2.17. The van der Waals surface area contributed by atoms with Crippen LogP contribution in [0.1, 0.15) is 36.4 Å². The molecule has 7 heteroatoms. The third-order valence-electron chi connectivity index (χ3n) is 4.75. The molecule has 0 spiro atoms. The molecular formula is C21H34IN5O. The van der Waals surface area contributed by atoms with Gasteiger partial charge in [0.25, 0.3) is 0 Å². The molecule has 156 valence electrons. The average Bonchev–Trinajstić information content (AvgIpc) is 2.86. The summed E-state index contributed by atoms with van der Waals surface area (Å²) in [5, 5.41) is 11.3. The number of aryl methyl sites for hydroxylation is 3. The molecule has 2 rings (SSSR count). The van der Waals surface area contributed by atoms with E-state index < -0.39 is 0 Å². The van der Waals surface area contributed by atoms with Crippen molar-refractivity contribution in [1.82, 2.24) is 20.4 Å². The third kappa shape index (κ3) is 6.68. The Hall–Kier alpha value is -1.77. The minimum absolute atomic E-state index is 0. The summed E-state index contributed by atoms with van der Waals surface area (Å²) in [4.78, 5) is 4.33. The number of rotatable bonds is 7. The van der Waals surface area contributed by atoms with Gasteiger partial charge in [0.15, 0.2) is 5.96 Å². The number of guanidine groups is 1. The Balaban J connectivity index is 0.00000392. The van der Waals surface area contributed by atoms with Crippen LogP contribution in [0.2, 0.25) is 0 Å². The summed E-state index contributed by atoms with van der Waals surface area (Å²) in [6.45, 7) is 11.1. The molecule has 2 aromatic rings. The molecule has 0 radical (unpaired) electrons. The number of aromatic nitrogens is 2. The van der Waals surface area contributed by atoms with Gasteiger partial charge in [0, 0.05) is 25.8 Å². The molecule has 1 aromatic heterocycles. The van der Waals surface area contributed by atoms with Crippen LogP contribution in [0.3, 0.4) is 0 Å². The van der Waals surface area contributed by atoms with E-state index in [0.717, 1.165) is 29.4 Å². The smallest absolute Gasteiger partial charge is 0.191 e. The minimum atomic E-state index is 0. The summed E-state index contributed by atoms with van der Waals surface area (Å²) < 4.78 is 7.96. The second-order valence-electron chi connectivity index (χ2n) is 7.17. The molecule has 0 amide bonds. The maximum Gasteiger partial charge on any atom is 0.191 e. The fraction of sp³-hybridized carbons (Fsp3) is 0.524. The van der Waals surface area contributed by atoms with Gasteiger partial charge >= 0.3 is 0 Å². The van der Waals surface area contributed by atoms with Crippen molar-refractivity contribution < 1.29 is 4.74 Å². The SMILES string of the molecule is CN=C(NCC(C)Oc1ccccc1C)NC(C)Cc1c(C)nn(C)c1C.I. The zero-order valence-electron chi connectivity index (χ0n) is 18.0. The van der Waals surface area contributed by atoms with E-state index in [1.165, 1.54) is 11.3 Å². The van der Waals surface area contributed by atoms with Crippen molar-refractivity contribution in [3.8, 4) is 5.75 Å². The standard InChI is InChI=1S/C21H33N5O.HI/c1-14-10-8-9-11-20(14)27-16(3)13-23-21(22-6)24-15(2)12-19-17(4)25-26(7)18(19)5;/h8-11,15-16H,12-13H2,1-7H3,(H2,22,23,24);1H. The highest BCUT2D eigenvalue weighted by molar-refractivity contribution is 14.0. The number of para-hydroxylation sites is 1. The van der Waals surface area contributed by atoms with Crippen LogP contribution in [0.15, 0.2) is 29.3 Å². The number of nitrogens with zero attached hydrogens (tertiary/aromatic N) is 3. The van der Waals surface area contributed by atoms with Crippen LogP contribution in [0.4, 0.5) is 0 Å². The Morgan fingerprint density at radius 2 is 1.89 bits per heavy atom. The lowest BCUT2D eigenvalue weighted by Crippen LogP contribution is -2.45. The van der Waals surface area contributed by atoms with Gasteiger partial charge in [-0.05, 0) is 58.2 Å². The Kier molecular flexibility index (Phi) is 9.78. The second kappa shape index (κ2) is 11.3. The third-order valence-corrected chi connectivity index (χ3v) is 4.75. The van der Waals surface area contributed by atoms with Gasteiger partial charge in [-0.25, -0.2) is 0 Å². The van der Waals surface area contributed by atoms with Gasteiger partial charge in [-0.15, -0.1) is 24.0 Å². The first-order valence-corrected chi connectivity index (χ1v) is 9.50. The number of nitrogens with one attached hydrogen (secondary N) is 2. The summed E-state index contributed by atoms with van der Waals surface area (Å²) >= 11 is 0. The summed E-state index contributed by atoms with van der Waals surface area (Å²) in [5.74, 6) is 1.70. The Labute approximate surface area is 186 Å². The van der Waals surface area contributed by atoms with Crippen LogP contribution < -0.4 is 15.4 Å². The predicted octanol–water partition coefficient (Wildman–Crippen LogP) is 3.53. The van der Waals surface area contributed by atoms with Gasteiger partial charge in [0.2, 0.25) is 0 Å². The van der Waals surface area contributed by atoms with Gasteiger partial charge in [0.1, 0.15) is 11.9 Å². The van der Waals surface area contributed by atoms with Crippen LogP contribution >= 0.6 is 24.0 Å². The summed E-state index contributed by atoms with van der Waals surface area (Å²) in [5.41, 5.74) is 4.74. The zero-order valence-corrected chi connectivity index (χ0v) is 20.4.